The molecule has 17 nitrogen and oxygen atoms in total. The number of aliphatic imine (C=N–C) groups is 2. The van der Waals surface area contributed by atoms with E-state index < -0.39 is 40.1 Å². The highest BCUT2D eigenvalue weighted by Crippen LogP contribution is 2.17. The van der Waals surface area contributed by atoms with Crippen molar-refractivity contribution in [2.45, 2.75) is 14.7 Å². The summed E-state index contributed by atoms with van der Waals surface area (Å²) >= 11 is 0. The number of nitriles is 2. The molecule has 0 amide bonds. The third-order valence-electron chi connectivity index (χ3n) is 5.55. The molecule has 3 aromatic carbocycles. The Labute approximate surface area is 264 Å². The van der Waals surface area contributed by atoms with E-state index in [0.29, 0.717) is 0 Å². The maximum atomic E-state index is 12.6. The number of nitrogens with zero attached hydrogens (tertiary/aromatic N) is 4. The molecule has 0 saturated carbocycles. The quantitative estimate of drug-likeness (QED) is 0.0644. The maximum Gasteiger partial charge on any atom is 0.294 e. The molecule has 0 heterocycles. The van der Waals surface area contributed by atoms with Crippen molar-refractivity contribution < 1.29 is 34.4 Å². The number of hydrogen-bond acceptors (Lipinski definition) is 10. The van der Waals surface area contributed by atoms with Crippen LogP contribution in [0.4, 0.5) is 11.4 Å². The molecule has 0 saturated heterocycles. The first-order chi connectivity index (χ1) is 21.5. The normalized spacial score (nSPS) is 12.4. The number of anilines is 2. The van der Waals surface area contributed by atoms with E-state index in [1.165, 1.54) is 36.4 Å². The van der Waals surface area contributed by atoms with E-state index in [1.807, 2.05) is 0 Å². The van der Waals surface area contributed by atoms with Gasteiger partial charge in [0.05, 0.1) is 25.8 Å². The monoisotopic (exact) mass is 687 g/mol. The van der Waals surface area contributed by atoms with Crippen LogP contribution in [0.25, 0.3) is 0 Å². The first-order valence-electron chi connectivity index (χ1n) is 12.5. The van der Waals surface area contributed by atoms with Gasteiger partial charge in [0, 0.05) is 24.5 Å². The van der Waals surface area contributed by atoms with Crippen molar-refractivity contribution >= 4 is 53.6 Å². The lowest BCUT2D eigenvalue weighted by Crippen LogP contribution is -2.31. The van der Waals surface area contributed by atoms with Gasteiger partial charge in [-0.3, -0.25) is 9.11 Å². The maximum absolute atomic E-state index is 12.6. The van der Waals surface area contributed by atoms with Crippen LogP contribution in [0.15, 0.2) is 104 Å². The molecule has 0 atom stereocenters. The van der Waals surface area contributed by atoms with Crippen LogP contribution >= 0.6 is 0 Å². The molecule has 8 N–H and O–H groups in total. The Morgan fingerprint density at radius 1 is 0.761 bits per heavy atom. The van der Waals surface area contributed by atoms with Gasteiger partial charge in [-0.2, -0.15) is 37.3 Å². The molecule has 0 bridgehead atoms. The van der Waals surface area contributed by atoms with Crippen LogP contribution in [-0.2, 0) is 30.3 Å². The summed E-state index contributed by atoms with van der Waals surface area (Å²) < 4.78 is 92.3. The summed E-state index contributed by atoms with van der Waals surface area (Å²) in [5.74, 6) is -0.699. The molecular formula is C26H25N9O8S3. The Bertz CT molecular complexity index is 2140. The fraction of sp³-hybridized carbons (Fsp3) is 0.0769. The number of nitrogens with two attached hydrogens (primary N) is 1. The number of nitrogens with one attached hydrogen (secondary N) is 4. The van der Waals surface area contributed by atoms with E-state index in [2.05, 4.69) is 37.2 Å². The molecule has 46 heavy (non-hydrogen) atoms. The van der Waals surface area contributed by atoms with Gasteiger partial charge in [0.2, 0.25) is 21.9 Å². The van der Waals surface area contributed by atoms with Crippen molar-refractivity contribution in [2.24, 2.45) is 15.7 Å². The fourth-order valence-corrected chi connectivity index (χ4v) is 5.60. The fourth-order valence-electron chi connectivity index (χ4n) is 3.49. The van der Waals surface area contributed by atoms with E-state index in [9.17, 15) is 34.4 Å². The summed E-state index contributed by atoms with van der Waals surface area (Å²) in [6, 6.07) is 17.0. The second kappa shape index (κ2) is 14.6. The predicted octanol–water partition coefficient (Wildman–Crippen LogP) is 1.16. The van der Waals surface area contributed by atoms with Crippen molar-refractivity contribution in [1.29, 1.82) is 10.5 Å². The van der Waals surface area contributed by atoms with Crippen molar-refractivity contribution in [1.82, 2.24) is 10.0 Å². The van der Waals surface area contributed by atoms with Gasteiger partial charge >= 0.3 is 0 Å². The Morgan fingerprint density at radius 3 is 1.87 bits per heavy atom. The second-order valence-electron chi connectivity index (χ2n) is 8.89. The zero-order valence-electron chi connectivity index (χ0n) is 23.4. The molecule has 0 aromatic heterocycles. The number of hydrogen-bond donors (Lipinski definition) is 7. The van der Waals surface area contributed by atoms with Gasteiger partial charge < -0.3 is 21.7 Å². The minimum atomic E-state index is -4.56. The summed E-state index contributed by atoms with van der Waals surface area (Å²) in [5, 5.41) is 26.2. The average molecular weight is 688 g/mol. The highest BCUT2D eigenvalue weighted by Gasteiger charge is 2.16. The molecule has 0 aliphatic heterocycles. The third-order valence-corrected chi connectivity index (χ3v) is 8.71. The van der Waals surface area contributed by atoms with E-state index in [1.54, 1.807) is 12.1 Å². The van der Waals surface area contributed by atoms with Gasteiger partial charge in [-0.1, -0.05) is 18.7 Å². The molecular weight excluding hydrogens is 663 g/mol. The first kappa shape index (κ1) is 35.1. The van der Waals surface area contributed by atoms with Crippen LogP contribution in [0.5, 0.6) is 0 Å². The Hall–Kier alpha value is -5.35. The Morgan fingerprint density at radius 2 is 1.33 bits per heavy atom. The number of guanidine groups is 2. The van der Waals surface area contributed by atoms with Crippen LogP contribution in [0.2, 0.25) is 0 Å². The van der Waals surface area contributed by atoms with Crippen LogP contribution in [0.1, 0.15) is 11.1 Å². The summed E-state index contributed by atoms with van der Waals surface area (Å²) in [6.07, 6.45) is 0. The van der Waals surface area contributed by atoms with Gasteiger partial charge in [0.1, 0.15) is 18.0 Å². The molecule has 0 aliphatic carbocycles. The molecule has 0 fully saturated rings. The van der Waals surface area contributed by atoms with E-state index in [-0.39, 0.29) is 58.2 Å². The molecule has 0 aliphatic rings. The molecule has 3 aromatic rings. The van der Waals surface area contributed by atoms with Gasteiger partial charge in [0.25, 0.3) is 20.2 Å². The van der Waals surface area contributed by atoms with E-state index >= 15 is 0 Å². The highest BCUT2D eigenvalue weighted by molar-refractivity contribution is 7.89. The second-order valence-corrected chi connectivity index (χ2v) is 13.5. The topological polar surface area (TPSA) is 289 Å². The Balaban J connectivity index is 1.78. The van der Waals surface area contributed by atoms with E-state index in [4.69, 9.17) is 16.3 Å². The minimum absolute atomic E-state index is 0.0246. The first-order valence-corrected chi connectivity index (χ1v) is 16.9. The predicted molar refractivity (Wildman–Crippen MR) is 167 cm³/mol. The zero-order valence-corrected chi connectivity index (χ0v) is 25.9. The smallest absolute Gasteiger partial charge is 0.294 e. The lowest BCUT2D eigenvalue weighted by Gasteiger charge is -2.12. The number of sulfonamides is 1. The van der Waals surface area contributed by atoms with Crippen LogP contribution in [0.3, 0.4) is 0 Å². The van der Waals surface area contributed by atoms with Crippen LogP contribution in [0, 0.1) is 22.7 Å². The van der Waals surface area contributed by atoms with Gasteiger partial charge in [-0.25, -0.2) is 13.1 Å². The minimum Gasteiger partial charge on any atom is -0.369 e. The largest absolute Gasteiger partial charge is 0.369 e. The molecule has 240 valence electrons. The van der Waals surface area contributed by atoms with Crippen LogP contribution in [-0.4, -0.2) is 59.4 Å². The summed E-state index contributed by atoms with van der Waals surface area (Å²) in [7, 11) is -13.1. The highest BCUT2D eigenvalue weighted by atomic mass is 32.2. The average Bonchev–Trinajstić information content (AvgIpc) is 2.98. The molecule has 0 spiro atoms. The lowest BCUT2D eigenvalue weighted by atomic mass is 10.1. The molecule has 0 unspecified atom stereocenters. The third kappa shape index (κ3) is 10.1. The lowest BCUT2D eigenvalue weighted by molar-refractivity contribution is 0.481. The zero-order chi connectivity index (χ0) is 34.1. The van der Waals surface area contributed by atoms with Crippen molar-refractivity contribution in [2.75, 3.05) is 23.7 Å². The van der Waals surface area contributed by atoms with Gasteiger partial charge in [-0.05, 0) is 54.6 Å². The van der Waals surface area contributed by atoms with Gasteiger partial charge in [0.15, 0.2) is 0 Å². The van der Waals surface area contributed by atoms with Crippen molar-refractivity contribution in [3.63, 3.8) is 0 Å². The Kier molecular flexibility index (Phi) is 11.2. The molecule has 3 rings (SSSR count). The van der Waals surface area contributed by atoms with Gasteiger partial charge in [-0.15, -0.1) is 0 Å². The molecule has 0 radical (unpaired) electrons. The van der Waals surface area contributed by atoms with Crippen LogP contribution < -0.4 is 26.4 Å². The van der Waals surface area contributed by atoms with E-state index in [0.717, 1.165) is 30.3 Å². The summed E-state index contributed by atoms with van der Waals surface area (Å²) in [6.45, 7) is 3.49. The standard InChI is InChI=1S/C26H25N9O8S3/c1-17(30-10-11-31-44(36,37)22-9-8-18(15-27)19(12-22)16-28)32-26(34-21-5-3-7-24(14-21)46(41,42)43)35-25(29)33-20-4-2-6-23(13-20)45(38,39)40/h2-9,12-14,30-31H,1,10-11H2,(H,38,39,40)(H,41,42,43)(H4,29,32,33,34,35). The number of rotatable bonds is 11. The number of benzene rings is 3. The summed E-state index contributed by atoms with van der Waals surface area (Å²) in [5.41, 5.74) is 6.10. The molecule has 20 heteroatoms. The van der Waals surface area contributed by atoms with Crippen molar-refractivity contribution in [3.8, 4) is 12.1 Å². The van der Waals surface area contributed by atoms with Crippen molar-refractivity contribution in [3.05, 3.63) is 90.3 Å². The SMILES string of the molecule is C=C(/N=C(\N=C(/N)Nc1cccc(S(=O)(=O)O)c1)Nc1cccc(S(=O)(=O)O)c1)NCCNS(=O)(=O)c1ccc(C#N)c(C#N)c1. The summed E-state index contributed by atoms with van der Waals surface area (Å²) in [4.78, 5) is 7.12.